The van der Waals surface area contributed by atoms with Gasteiger partial charge >= 0.3 is 0 Å². The predicted molar refractivity (Wildman–Crippen MR) is 160 cm³/mol. The first-order valence-corrected chi connectivity index (χ1v) is 13.0. The maximum atomic E-state index is 14.1. The van der Waals surface area contributed by atoms with Crippen molar-refractivity contribution in [2.45, 2.75) is 11.2 Å². The van der Waals surface area contributed by atoms with E-state index in [4.69, 9.17) is 35.2 Å². The molecule has 0 saturated carbocycles. The number of benzene rings is 4. The molecule has 4 heteroatoms. The third-order valence-electron chi connectivity index (χ3n) is 8.40. The summed E-state index contributed by atoms with van der Waals surface area (Å²) in [5.74, 6) is 10.0. The lowest BCUT2D eigenvalue weighted by Gasteiger charge is -2.54. The van der Waals surface area contributed by atoms with Gasteiger partial charge in [-0.15, -0.1) is 25.7 Å². The number of methoxy groups -OCH3 is 2. The highest BCUT2D eigenvalue weighted by Gasteiger charge is 2.64. The van der Waals surface area contributed by atoms with Crippen molar-refractivity contribution in [2.75, 3.05) is 14.2 Å². The zero-order chi connectivity index (χ0) is 29.8. The van der Waals surface area contributed by atoms with E-state index in [1.165, 1.54) is 0 Å². The number of ether oxygens (including phenoxy) is 2. The second-order valence-electron chi connectivity index (χ2n) is 9.98. The molecule has 2 aliphatic carbocycles. The first-order chi connectivity index (χ1) is 20.4. The molecule has 2 unspecified atom stereocenters. The van der Waals surface area contributed by atoms with Crippen molar-refractivity contribution >= 4 is 11.6 Å². The minimum Gasteiger partial charge on any atom is -0.365 e. The van der Waals surface area contributed by atoms with Gasteiger partial charge in [0.05, 0.1) is 0 Å². The monoisotopic (exact) mass is 542 g/mol. The average molecular weight is 543 g/mol. The minimum atomic E-state index is -1.56. The van der Waals surface area contributed by atoms with Crippen molar-refractivity contribution in [3.63, 3.8) is 0 Å². The summed E-state index contributed by atoms with van der Waals surface area (Å²) in [6.45, 7) is 0. The zero-order valence-electron chi connectivity index (χ0n) is 22.9. The van der Waals surface area contributed by atoms with Gasteiger partial charge in [-0.2, -0.15) is 0 Å². The van der Waals surface area contributed by atoms with Gasteiger partial charge < -0.3 is 9.47 Å². The Hall–Kier alpha value is -5.62. The van der Waals surface area contributed by atoms with Gasteiger partial charge in [0.15, 0.2) is 22.8 Å². The van der Waals surface area contributed by atoms with Crippen molar-refractivity contribution in [2.24, 2.45) is 0 Å². The van der Waals surface area contributed by atoms with E-state index in [0.29, 0.717) is 66.8 Å². The molecule has 4 nitrogen and oxygen atoms in total. The molecule has 0 aromatic heterocycles. The highest BCUT2D eigenvalue weighted by molar-refractivity contribution is 6.15. The SMILES string of the molecule is C#Cc1cc2c(cc1C#C)C(OC)(C1(OC)c3ccccc3C(=O)c3cc(C#C)c(C#C)cc31)c1ccccc1C2=O. The fourth-order valence-corrected chi connectivity index (χ4v) is 6.68. The summed E-state index contributed by atoms with van der Waals surface area (Å²) in [5.41, 5.74) is 1.85. The molecular weight excluding hydrogens is 520 g/mol. The first-order valence-electron chi connectivity index (χ1n) is 13.0. The van der Waals surface area contributed by atoms with Crippen LogP contribution < -0.4 is 0 Å². The van der Waals surface area contributed by atoms with Gasteiger partial charge in [0.1, 0.15) is 0 Å². The molecule has 198 valence electrons. The number of ketones is 2. The van der Waals surface area contributed by atoms with E-state index in [1.807, 2.05) is 24.3 Å². The van der Waals surface area contributed by atoms with E-state index < -0.39 is 11.2 Å². The van der Waals surface area contributed by atoms with Gasteiger partial charge in [0.25, 0.3) is 0 Å². The minimum absolute atomic E-state index is 0.244. The summed E-state index contributed by atoms with van der Waals surface area (Å²) in [4.78, 5) is 28.1. The normalized spacial score (nSPS) is 19.6. The molecule has 0 N–H and O–H groups in total. The number of carbonyl (C=O) groups is 2. The summed E-state index contributed by atoms with van der Waals surface area (Å²) < 4.78 is 13.3. The lowest BCUT2D eigenvalue weighted by molar-refractivity contribution is -0.155. The molecular formula is C38H22O4. The average Bonchev–Trinajstić information content (AvgIpc) is 3.05. The smallest absolute Gasteiger partial charge is 0.193 e. The zero-order valence-corrected chi connectivity index (χ0v) is 22.9. The highest BCUT2D eigenvalue weighted by Crippen LogP contribution is 2.60. The summed E-state index contributed by atoms with van der Waals surface area (Å²) in [7, 11) is 3.08. The quantitative estimate of drug-likeness (QED) is 0.335. The Morgan fingerprint density at radius 1 is 0.500 bits per heavy atom. The van der Waals surface area contributed by atoms with Gasteiger partial charge in [0, 0.05) is 81.0 Å². The summed E-state index contributed by atoms with van der Waals surface area (Å²) in [5, 5.41) is 0. The van der Waals surface area contributed by atoms with Gasteiger partial charge in [0.2, 0.25) is 0 Å². The maximum Gasteiger partial charge on any atom is 0.193 e. The fraction of sp³-hybridized carbons (Fsp3) is 0.105. The van der Waals surface area contributed by atoms with E-state index in [2.05, 4.69) is 23.7 Å². The molecule has 4 aromatic rings. The van der Waals surface area contributed by atoms with Crippen LogP contribution in [0.2, 0.25) is 0 Å². The Bertz CT molecular complexity index is 1900. The van der Waals surface area contributed by atoms with Gasteiger partial charge in [-0.25, -0.2) is 0 Å². The third-order valence-corrected chi connectivity index (χ3v) is 8.40. The molecule has 42 heavy (non-hydrogen) atoms. The number of carbonyl (C=O) groups excluding carboxylic acids is 2. The van der Waals surface area contributed by atoms with Crippen molar-refractivity contribution in [1.82, 2.24) is 0 Å². The molecule has 0 radical (unpaired) electrons. The van der Waals surface area contributed by atoms with Crippen LogP contribution in [-0.2, 0) is 20.7 Å². The number of rotatable bonds is 3. The molecule has 0 aliphatic heterocycles. The summed E-state index contributed by atoms with van der Waals surface area (Å²) in [6.07, 6.45) is 23.5. The van der Waals surface area contributed by atoms with E-state index in [9.17, 15) is 9.59 Å². The first kappa shape index (κ1) is 26.6. The van der Waals surface area contributed by atoms with Crippen LogP contribution in [0.15, 0.2) is 72.8 Å². The van der Waals surface area contributed by atoms with Crippen molar-refractivity contribution in [3.05, 3.63) is 140 Å². The van der Waals surface area contributed by atoms with Gasteiger partial charge in [-0.05, 0) is 24.3 Å². The van der Waals surface area contributed by atoms with Crippen LogP contribution in [0.4, 0.5) is 0 Å². The molecule has 0 amide bonds. The highest BCUT2D eigenvalue weighted by atomic mass is 16.5. The van der Waals surface area contributed by atoms with Gasteiger partial charge in [-0.3, -0.25) is 9.59 Å². The van der Waals surface area contributed by atoms with Crippen LogP contribution in [0.5, 0.6) is 0 Å². The Morgan fingerprint density at radius 2 is 0.833 bits per heavy atom. The van der Waals surface area contributed by atoms with Crippen LogP contribution in [0.1, 0.15) is 76.4 Å². The second-order valence-corrected chi connectivity index (χ2v) is 9.98. The van der Waals surface area contributed by atoms with Crippen LogP contribution in [0.3, 0.4) is 0 Å². The van der Waals surface area contributed by atoms with Crippen molar-refractivity contribution in [1.29, 1.82) is 0 Å². The number of hydrogen-bond acceptors (Lipinski definition) is 4. The standard InChI is InChI=1S/C38H22O4/c1-7-23-19-29-33(21-25(23)9-3)37(41-5,31-17-13-11-15-27(31)35(29)39)38(42-6)32-18-14-12-16-28(32)36(40)30-20-24(8-2)26(10-4)22-34(30)38/h1-4,11-22H,5-6H3. The predicted octanol–water partition coefficient (Wildman–Crippen LogP) is 5.18. The number of fused-ring (bicyclic) bond motifs is 4. The van der Waals surface area contributed by atoms with Crippen LogP contribution >= 0.6 is 0 Å². The fourth-order valence-electron chi connectivity index (χ4n) is 6.68. The molecule has 6 rings (SSSR count). The van der Waals surface area contributed by atoms with E-state index in [-0.39, 0.29) is 11.6 Å². The van der Waals surface area contributed by atoms with E-state index in [0.717, 1.165) is 0 Å². The van der Waals surface area contributed by atoms with Gasteiger partial charge in [-0.1, -0.05) is 72.2 Å². The van der Waals surface area contributed by atoms with Crippen LogP contribution in [-0.4, -0.2) is 25.8 Å². The third kappa shape index (κ3) is 3.09. The van der Waals surface area contributed by atoms with Crippen LogP contribution in [0.25, 0.3) is 0 Å². The van der Waals surface area contributed by atoms with E-state index >= 15 is 0 Å². The Morgan fingerprint density at radius 3 is 1.17 bits per heavy atom. The molecule has 2 aliphatic rings. The number of terminal acetylenes is 4. The molecule has 0 fully saturated rings. The maximum absolute atomic E-state index is 14.1. The lowest BCUT2D eigenvalue weighted by atomic mass is 9.57. The summed E-state index contributed by atoms with van der Waals surface area (Å²) in [6, 6.07) is 21.0. The molecule has 0 bridgehead atoms. The topological polar surface area (TPSA) is 52.6 Å². The van der Waals surface area contributed by atoms with Crippen molar-refractivity contribution < 1.29 is 19.1 Å². The second kappa shape index (κ2) is 9.49. The molecule has 0 saturated heterocycles. The lowest BCUT2D eigenvalue weighted by Crippen LogP contribution is -2.58. The molecule has 0 heterocycles. The molecule has 2 atom stereocenters. The van der Waals surface area contributed by atoms with Crippen LogP contribution in [0, 0.1) is 49.4 Å². The largest absolute Gasteiger partial charge is 0.365 e. The Labute approximate surface area is 244 Å². The Kier molecular flexibility index (Phi) is 6.01. The molecule has 4 aromatic carbocycles. The number of hydrogen-bond donors (Lipinski definition) is 0. The molecule has 0 spiro atoms. The van der Waals surface area contributed by atoms with Crippen molar-refractivity contribution in [3.8, 4) is 49.4 Å². The summed E-state index contributed by atoms with van der Waals surface area (Å²) >= 11 is 0. The Balaban J connectivity index is 1.91. The van der Waals surface area contributed by atoms with E-state index in [1.54, 1.807) is 62.8 Å².